The number of hydrogen-bond acceptors (Lipinski definition) is 1. The Bertz CT molecular complexity index is 513. The Morgan fingerprint density at radius 1 is 1.29 bits per heavy atom. The smallest absolute Gasteiger partial charge is 0.150 e. The summed E-state index contributed by atoms with van der Waals surface area (Å²) in [6.07, 6.45) is 0. The SMILES string of the molecule is Oc1cc(I)c2c(F)c(Cl)ccc2c1. The van der Waals surface area contributed by atoms with Gasteiger partial charge in [-0.1, -0.05) is 17.7 Å². The predicted molar refractivity (Wildman–Crippen MR) is 63.3 cm³/mol. The number of phenols is 1. The van der Waals surface area contributed by atoms with E-state index in [4.69, 9.17) is 11.6 Å². The number of aromatic hydroxyl groups is 1. The minimum atomic E-state index is -0.437. The second-order valence-corrected chi connectivity index (χ2v) is 4.46. The Labute approximate surface area is 98.6 Å². The molecule has 72 valence electrons. The molecule has 2 aromatic rings. The molecule has 2 rings (SSSR count). The highest BCUT2D eigenvalue weighted by Crippen LogP contribution is 2.31. The van der Waals surface area contributed by atoms with Crippen LogP contribution in [0.3, 0.4) is 0 Å². The summed E-state index contributed by atoms with van der Waals surface area (Å²) in [7, 11) is 0. The summed E-state index contributed by atoms with van der Waals surface area (Å²) in [5.41, 5.74) is 0. The van der Waals surface area contributed by atoms with Crippen molar-refractivity contribution in [2.45, 2.75) is 0 Å². The second kappa shape index (κ2) is 3.55. The van der Waals surface area contributed by atoms with Crippen LogP contribution in [0.25, 0.3) is 10.8 Å². The van der Waals surface area contributed by atoms with Gasteiger partial charge in [-0.15, -0.1) is 0 Å². The number of benzene rings is 2. The topological polar surface area (TPSA) is 20.2 Å². The first-order valence-electron chi connectivity index (χ1n) is 3.86. The van der Waals surface area contributed by atoms with Gasteiger partial charge in [0, 0.05) is 8.96 Å². The molecule has 1 nitrogen and oxygen atoms in total. The molecular weight excluding hydrogens is 317 g/mol. The van der Waals surface area contributed by atoms with Gasteiger partial charge in [0.05, 0.1) is 5.02 Å². The monoisotopic (exact) mass is 322 g/mol. The molecule has 0 bridgehead atoms. The van der Waals surface area contributed by atoms with E-state index in [-0.39, 0.29) is 10.8 Å². The largest absolute Gasteiger partial charge is 0.508 e. The number of halogens is 3. The maximum atomic E-state index is 13.6. The summed E-state index contributed by atoms with van der Waals surface area (Å²) < 4.78 is 14.2. The van der Waals surface area contributed by atoms with Crippen LogP contribution < -0.4 is 0 Å². The molecule has 1 N–H and O–H groups in total. The van der Waals surface area contributed by atoms with Gasteiger partial charge in [-0.3, -0.25) is 0 Å². The van der Waals surface area contributed by atoms with Crippen molar-refractivity contribution < 1.29 is 9.50 Å². The van der Waals surface area contributed by atoms with Crippen molar-refractivity contribution in [3.8, 4) is 5.75 Å². The standard InChI is InChI=1S/C10H5ClFIO/c11-7-2-1-5-3-6(14)4-8(13)9(5)10(7)12/h1-4,14H. The maximum Gasteiger partial charge on any atom is 0.150 e. The Hall–Kier alpha value is -0.550. The minimum absolute atomic E-state index is 0.0982. The van der Waals surface area contributed by atoms with Crippen LogP contribution in [-0.4, -0.2) is 5.11 Å². The van der Waals surface area contributed by atoms with Crippen molar-refractivity contribution >= 4 is 45.0 Å². The van der Waals surface area contributed by atoms with Crippen molar-refractivity contribution in [2.24, 2.45) is 0 Å². The molecule has 0 unspecified atom stereocenters. The van der Waals surface area contributed by atoms with E-state index in [1.54, 1.807) is 6.07 Å². The summed E-state index contributed by atoms with van der Waals surface area (Å²) in [4.78, 5) is 0. The molecule has 0 fully saturated rings. The molecule has 0 saturated heterocycles. The lowest BCUT2D eigenvalue weighted by Crippen LogP contribution is -1.85. The lowest BCUT2D eigenvalue weighted by Gasteiger charge is -2.04. The molecule has 0 aromatic heterocycles. The van der Waals surface area contributed by atoms with E-state index >= 15 is 0 Å². The molecule has 0 amide bonds. The summed E-state index contributed by atoms with van der Waals surface area (Å²) in [5.74, 6) is -0.308. The van der Waals surface area contributed by atoms with E-state index in [1.807, 2.05) is 22.6 Å². The highest BCUT2D eigenvalue weighted by Gasteiger charge is 2.09. The average Bonchev–Trinajstić information content (AvgIpc) is 2.10. The van der Waals surface area contributed by atoms with Crippen LogP contribution in [0.2, 0.25) is 5.02 Å². The molecule has 0 aliphatic carbocycles. The van der Waals surface area contributed by atoms with Gasteiger partial charge in [0.25, 0.3) is 0 Å². The van der Waals surface area contributed by atoms with Gasteiger partial charge in [0.15, 0.2) is 5.82 Å². The van der Waals surface area contributed by atoms with Gasteiger partial charge < -0.3 is 5.11 Å². The fourth-order valence-electron chi connectivity index (χ4n) is 1.33. The molecule has 0 aliphatic rings. The maximum absolute atomic E-state index is 13.6. The molecule has 14 heavy (non-hydrogen) atoms. The lowest BCUT2D eigenvalue weighted by molar-refractivity contribution is 0.475. The van der Waals surface area contributed by atoms with Gasteiger partial charge in [-0.2, -0.15) is 0 Å². The molecular formula is C10H5ClFIO. The minimum Gasteiger partial charge on any atom is -0.508 e. The van der Waals surface area contributed by atoms with E-state index in [0.717, 1.165) is 0 Å². The fraction of sp³-hybridized carbons (Fsp3) is 0. The van der Waals surface area contributed by atoms with E-state index in [2.05, 4.69) is 0 Å². The zero-order valence-electron chi connectivity index (χ0n) is 6.89. The van der Waals surface area contributed by atoms with Crippen LogP contribution in [0.1, 0.15) is 0 Å². The highest BCUT2D eigenvalue weighted by atomic mass is 127. The van der Waals surface area contributed by atoms with E-state index < -0.39 is 5.82 Å². The van der Waals surface area contributed by atoms with E-state index in [1.165, 1.54) is 18.2 Å². The molecule has 0 spiro atoms. The zero-order chi connectivity index (χ0) is 10.3. The van der Waals surface area contributed by atoms with Crippen LogP contribution in [0, 0.1) is 9.39 Å². The van der Waals surface area contributed by atoms with Gasteiger partial charge in [0.2, 0.25) is 0 Å². The molecule has 0 atom stereocenters. The molecule has 2 aromatic carbocycles. The van der Waals surface area contributed by atoms with E-state index in [0.29, 0.717) is 14.3 Å². The van der Waals surface area contributed by atoms with Crippen molar-refractivity contribution in [3.63, 3.8) is 0 Å². The Morgan fingerprint density at radius 2 is 2.00 bits per heavy atom. The van der Waals surface area contributed by atoms with Crippen molar-refractivity contribution in [1.82, 2.24) is 0 Å². The van der Waals surface area contributed by atoms with E-state index in [9.17, 15) is 9.50 Å². The van der Waals surface area contributed by atoms with Crippen LogP contribution in [-0.2, 0) is 0 Å². The zero-order valence-corrected chi connectivity index (χ0v) is 9.80. The predicted octanol–water partition coefficient (Wildman–Crippen LogP) is 3.94. The highest BCUT2D eigenvalue weighted by molar-refractivity contribution is 14.1. The Kier molecular flexibility index (Phi) is 2.53. The summed E-state index contributed by atoms with van der Waals surface area (Å²) >= 11 is 7.63. The van der Waals surface area contributed by atoms with Gasteiger partial charge in [0.1, 0.15) is 5.75 Å². The van der Waals surface area contributed by atoms with Crippen molar-refractivity contribution in [3.05, 3.63) is 38.7 Å². The third-order valence-electron chi connectivity index (χ3n) is 1.94. The van der Waals surface area contributed by atoms with Gasteiger partial charge in [-0.05, 0) is 46.2 Å². The number of hydrogen-bond donors (Lipinski definition) is 1. The number of phenolic OH excluding ortho intramolecular Hbond substituents is 1. The fourth-order valence-corrected chi connectivity index (χ4v) is 2.36. The molecule has 0 heterocycles. The molecule has 0 aliphatic heterocycles. The van der Waals surface area contributed by atoms with Crippen molar-refractivity contribution in [2.75, 3.05) is 0 Å². The van der Waals surface area contributed by atoms with Gasteiger partial charge >= 0.3 is 0 Å². The Balaban J connectivity index is 2.95. The quantitative estimate of drug-likeness (QED) is 0.728. The normalized spacial score (nSPS) is 10.8. The second-order valence-electron chi connectivity index (χ2n) is 2.89. The summed E-state index contributed by atoms with van der Waals surface area (Å²) in [6, 6.07) is 6.18. The third-order valence-corrected chi connectivity index (χ3v) is 3.09. The summed E-state index contributed by atoms with van der Waals surface area (Å²) in [6.45, 7) is 0. The van der Waals surface area contributed by atoms with Crippen LogP contribution in [0.4, 0.5) is 4.39 Å². The first-order chi connectivity index (χ1) is 6.59. The van der Waals surface area contributed by atoms with Crippen molar-refractivity contribution in [1.29, 1.82) is 0 Å². The Morgan fingerprint density at radius 3 is 2.71 bits per heavy atom. The molecule has 0 saturated carbocycles. The number of fused-ring (bicyclic) bond motifs is 1. The molecule has 0 radical (unpaired) electrons. The van der Waals surface area contributed by atoms with Crippen LogP contribution in [0.5, 0.6) is 5.75 Å². The molecule has 4 heteroatoms. The van der Waals surface area contributed by atoms with Gasteiger partial charge in [-0.25, -0.2) is 4.39 Å². The first kappa shape index (κ1) is 9.98. The van der Waals surface area contributed by atoms with Crippen LogP contribution in [0.15, 0.2) is 24.3 Å². The lowest BCUT2D eigenvalue weighted by atomic mass is 10.1. The van der Waals surface area contributed by atoms with Crippen LogP contribution >= 0.6 is 34.2 Å². The summed E-state index contributed by atoms with van der Waals surface area (Å²) in [5, 5.41) is 10.5. The first-order valence-corrected chi connectivity index (χ1v) is 5.31. The third kappa shape index (κ3) is 1.54. The average molecular weight is 323 g/mol. The number of rotatable bonds is 0.